The van der Waals surface area contributed by atoms with E-state index in [0.717, 1.165) is 46.6 Å². The standard InChI is InChI=1S/C26H28F3N5O4S2/c27-26(28,29)17-3-4-20(32-8-1-2-9-32)18(13-17)30-23(37)19-14-39-24(31-19)16-5-10-33(11-6-16)21(35)7-12-34-22(36)15-40-25(34)38/h3-4,13-14,16H,1-2,5-12,15H2,(H,30,37). The third-order valence-corrected chi connectivity index (χ3v) is 9.23. The van der Waals surface area contributed by atoms with Crippen LogP contribution in [0.4, 0.5) is 29.3 Å². The zero-order valence-corrected chi connectivity index (χ0v) is 23.2. The molecule has 0 saturated carbocycles. The number of rotatable bonds is 7. The number of amides is 4. The van der Waals surface area contributed by atoms with Crippen LogP contribution in [0.1, 0.15) is 59.1 Å². The third kappa shape index (κ3) is 6.27. The van der Waals surface area contributed by atoms with E-state index in [2.05, 4.69) is 10.3 Å². The van der Waals surface area contributed by atoms with Gasteiger partial charge in [0.15, 0.2) is 0 Å². The number of carbonyl (C=O) groups excluding carboxylic acids is 4. The number of hydrogen-bond donors (Lipinski definition) is 1. The number of nitrogens with one attached hydrogen (secondary N) is 1. The lowest BCUT2D eigenvalue weighted by molar-refractivity contribution is -0.137. The minimum absolute atomic E-state index is 0.0439. The highest BCUT2D eigenvalue weighted by Gasteiger charge is 2.33. The van der Waals surface area contributed by atoms with Crippen LogP contribution in [0.15, 0.2) is 23.6 Å². The van der Waals surface area contributed by atoms with Crippen molar-refractivity contribution in [2.24, 2.45) is 0 Å². The van der Waals surface area contributed by atoms with Crippen LogP contribution in [0.2, 0.25) is 0 Å². The van der Waals surface area contributed by atoms with E-state index >= 15 is 0 Å². The highest BCUT2D eigenvalue weighted by molar-refractivity contribution is 8.14. The maximum atomic E-state index is 13.4. The quantitative estimate of drug-likeness (QED) is 0.490. The molecule has 14 heteroatoms. The lowest BCUT2D eigenvalue weighted by atomic mass is 9.97. The number of alkyl halides is 3. The summed E-state index contributed by atoms with van der Waals surface area (Å²) in [7, 11) is 0. The van der Waals surface area contributed by atoms with Gasteiger partial charge in [-0.1, -0.05) is 11.8 Å². The van der Waals surface area contributed by atoms with Gasteiger partial charge in [0.05, 0.1) is 27.7 Å². The molecule has 0 radical (unpaired) electrons. The summed E-state index contributed by atoms with van der Waals surface area (Å²) >= 11 is 2.26. The Hall–Kier alpha value is -3.13. The molecule has 0 aliphatic carbocycles. The molecule has 3 aliphatic heterocycles. The van der Waals surface area contributed by atoms with Gasteiger partial charge in [0.25, 0.3) is 11.1 Å². The normalized spacial score (nSPS) is 18.6. The number of imide groups is 1. The van der Waals surface area contributed by atoms with E-state index in [1.807, 2.05) is 4.90 Å². The monoisotopic (exact) mass is 595 g/mol. The van der Waals surface area contributed by atoms with Gasteiger partial charge >= 0.3 is 6.18 Å². The first-order valence-electron chi connectivity index (χ1n) is 13.1. The summed E-state index contributed by atoms with van der Waals surface area (Å²) in [4.78, 5) is 58.4. The first-order valence-corrected chi connectivity index (χ1v) is 14.9. The molecule has 1 N–H and O–H groups in total. The molecule has 0 unspecified atom stereocenters. The van der Waals surface area contributed by atoms with Gasteiger partial charge in [-0.25, -0.2) is 4.98 Å². The Bertz CT molecular complexity index is 1290. The van der Waals surface area contributed by atoms with Gasteiger partial charge in [-0.15, -0.1) is 11.3 Å². The summed E-state index contributed by atoms with van der Waals surface area (Å²) in [5.74, 6) is -0.803. The summed E-state index contributed by atoms with van der Waals surface area (Å²) in [6.45, 7) is 2.49. The summed E-state index contributed by atoms with van der Waals surface area (Å²) < 4.78 is 40.1. The minimum Gasteiger partial charge on any atom is -0.370 e. The van der Waals surface area contributed by atoms with Crippen molar-refractivity contribution < 1.29 is 32.3 Å². The summed E-state index contributed by atoms with van der Waals surface area (Å²) in [5, 5.41) is 4.68. The highest BCUT2D eigenvalue weighted by atomic mass is 32.2. The molecule has 40 heavy (non-hydrogen) atoms. The molecule has 214 valence electrons. The second-order valence-corrected chi connectivity index (χ2v) is 11.8. The van der Waals surface area contributed by atoms with E-state index < -0.39 is 17.6 Å². The molecule has 0 spiro atoms. The molecule has 5 rings (SSSR count). The molecule has 9 nitrogen and oxygen atoms in total. The fraction of sp³-hybridized carbons (Fsp3) is 0.500. The number of thiazole rings is 1. The van der Waals surface area contributed by atoms with E-state index in [4.69, 9.17) is 0 Å². The molecule has 3 saturated heterocycles. The Morgan fingerprint density at radius 3 is 2.45 bits per heavy atom. The number of halogens is 3. The summed E-state index contributed by atoms with van der Waals surface area (Å²) in [6, 6.07) is 3.41. The number of likely N-dealkylation sites (tertiary alicyclic amines) is 1. The molecule has 3 aliphatic rings. The van der Waals surface area contributed by atoms with Crippen LogP contribution in [0.3, 0.4) is 0 Å². The number of carbonyl (C=O) groups is 4. The predicted molar refractivity (Wildman–Crippen MR) is 146 cm³/mol. The lowest BCUT2D eigenvalue weighted by Crippen LogP contribution is -2.40. The van der Waals surface area contributed by atoms with Crippen molar-refractivity contribution in [1.82, 2.24) is 14.8 Å². The molecule has 0 atom stereocenters. The van der Waals surface area contributed by atoms with Crippen molar-refractivity contribution in [3.63, 3.8) is 0 Å². The first-order chi connectivity index (χ1) is 19.1. The number of nitrogens with zero attached hydrogens (tertiary/aromatic N) is 4. The Labute approximate surface area is 237 Å². The Balaban J connectivity index is 1.19. The second-order valence-electron chi connectivity index (χ2n) is 9.95. The topological polar surface area (TPSA) is 103 Å². The molecule has 3 fully saturated rings. The second kappa shape index (κ2) is 11.8. The fourth-order valence-electron chi connectivity index (χ4n) is 5.15. The maximum Gasteiger partial charge on any atom is 0.416 e. The fourth-order valence-corrected chi connectivity index (χ4v) is 6.87. The number of thioether (sulfide) groups is 1. The molecule has 4 heterocycles. The van der Waals surface area contributed by atoms with Crippen molar-refractivity contribution in [2.45, 2.75) is 44.2 Å². The van der Waals surface area contributed by atoms with Crippen molar-refractivity contribution in [1.29, 1.82) is 0 Å². The number of benzene rings is 1. The van der Waals surface area contributed by atoms with Crippen LogP contribution >= 0.6 is 23.1 Å². The van der Waals surface area contributed by atoms with Gasteiger partial charge in [-0.2, -0.15) is 13.2 Å². The highest BCUT2D eigenvalue weighted by Crippen LogP contribution is 2.37. The van der Waals surface area contributed by atoms with Gasteiger partial charge < -0.3 is 15.1 Å². The largest absolute Gasteiger partial charge is 0.416 e. The lowest BCUT2D eigenvalue weighted by Gasteiger charge is -2.31. The Morgan fingerprint density at radius 2 is 1.80 bits per heavy atom. The van der Waals surface area contributed by atoms with Crippen LogP contribution in [0.25, 0.3) is 0 Å². The summed E-state index contributed by atoms with van der Waals surface area (Å²) in [6.07, 6.45) is -1.29. The minimum atomic E-state index is -4.53. The van der Waals surface area contributed by atoms with E-state index in [-0.39, 0.29) is 53.1 Å². The van der Waals surface area contributed by atoms with Gasteiger partial charge in [0.1, 0.15) is 5.69 Å². The van der Waals surface area contributed by atoms with E-state index in [1.54, 1.807) is 10.3 Å². The third-order valence-electron chi connectivity index (χ3n) is 7.36. The van der Waals surface area contributed by atoms with E-state index in [9.17, 15) is 32.3 Å². The smallest absolute Gasteiger partial charge is 0.370 e. The SMILES string of the molecule is O=C(Nc1cc(C(F)(F)F)ccc1N1CCCC1)c1csc(C2CCN(C(=O)CCN3C(=O)CSC3=O)CC2)n1. The molecule has 0 bridgehead atoms. The van der Waals surface area contributed by atoms with Crippen LogP contribution in [-0.4, -0.2) is 76.2 Å². The maximum absolute atomic E-state index is 13.4. The Morgan fingerprint density at radius 1 is 1.07 bits per heavy atom. The zero-order valence-electron chi connectivity index (χ0n) is 21.5. The van der Waals surface area contributed by atoms with Gasteiger partial charge in [-0.05, 0) is 43.9 Å². The first kappa shape index (κ1) is 28.4. The van der Waals surface area contributed by atoms with Gasteiger partial charge in [0, 0.05) is 50.4 Å². The molecule has 2 aromatic rings. The molecular formula is C26H28F3N5O4S2. The number of anilines is 2. The molecule has 4 amide bonds. The molecular weight excluding hydrogens is 567 g/mol. The van der Waals surface area contributed by atoms with E-state index in [0.29, 0.717) is 44.7 Å². The van der Waals surface area contributed by atoms with Gasteiger partial charge in [0.2, 0.25) is 11.8 Å². The van der Waals surface area contributed by atoms with Crippen LogP contribution in [0.5, 0.6) is 0 Å². The van der Waals surface area contributed by atoms with Crippen molar-refractivity contribution >= 4 is 57.4 Å². The average molecular weight is 596 g/mol. The van der Waals surface area contributed by atoms with E-state index in [1.165, 1.54) is 17.4 Å². The van der Waals surface area contributed by atoms with Crippen LogP contribution in [0, 0.1) is 0 Å². The van der Waals surface area contributed by atoms with Crippen LogP contribution in [-0.2, 0) is 15.8 Å². The summed E-state index contributed by atoms with van der Waals surface area (Å²) in [5.41, 5.74) is -0.0211. The average Bonchev–Trinajstić information content (AvgIpc) is 3.70. The Kier molecular flexibility index (Phi) is 8.36. The number of piperidine rings is 1. The van der Waals surface area contributed by atoms with Crippen LogP contribution < -0.4 is 10.2 Å². The number of aromatic nitrogens is 1. The van der Waals surface area contributed by atoms with Crippen molar-refractivity contribution in [3.8, 4) is 0 Å². The molecule has 1 aromatic heterocycles. The van der Waals surface area contributed by atoms with Crippen molar-refractivity contribution in [3.05, 3.63) is 39.8 Å². The predicted octanol–water partition coefficient (Wildman–Crippen LogP) is 4.81. The van der Waals surface area contributed by atoms with Gasteiger partial charge in [-0.3, -0.25) is 24.1 Å². The molecule has 1 aromatic carbocycles. The zero-order chi connectivity index (χ0) is 28.4. The van der Waals surface area contributed by atoms with Crippen molar-refractivity contribution in [2.75, 3.05) is 48.7 Å². The number of hydrogen-bond acceptors (Lipinski definition) is 8.